The Labute approximate surface area is 155 Å². The van der Waals surface area contributed by atoms with Gasteiger partial charge in [-0.1, -0.05) is 30.3 Å². The molecule has 4 rings (SSSR count). The van der Waals surface area contributed by atoms with Gasteiger partial charge in [-0.2, -0.15) is 0 Å². The fourth-order valence-corrected chi connectivity index (χ4v) is 3.67. The molecule has 0 saturated carbocycles. The van der Waals surface area contributed by atoms with Gasteiger partial charge in [0.15, 0.2) is 0 Å². The van der Waals surface area contributed by atoms with Crippen LogP contribution < -0.4 is 11.1 Å². The third-order valence-corrected chi connectivity index (χ3v) is 4.85. The van der Waals surface area contributed by atoms with Crippen LogP contribution in [0.2, 0.25) is 0 Å². The van der Waals surface area contributed by atoms with Crippen LogP contribution >= 0.6 is 0 Å². The van der Waals surface area contributed by atoms with E-state index in [1.165, 1.54) is 0 Å². The first kappa shape index (κ1) is 17.2. The highest BCUT2D eigenvalue weighted by Gasteiger charge is 2.53. The molecule has 1 aromatic rings. The molecule has 1 spiro atoms. The largest absolute Gasteiger partial charge is 0.465 e. The number of carboxylic acid groups (broad SMARTS) is 1. The molecule has 2 unspecified atom stereocenters. The first-order chi connectivity index (χ1) is 13.0. The molecule has 0 aromatic heterocycles. The summed E-state index contributed by atoms with van der Waals surface area (Å²) < 4.78 is 0. The maximum absolute atomic E-state index is 10.7. The lowest BCUT2D eigenvalue weighted by Crippen LogP contribution is -2.54. The second-order valence-corrected chi connectivity index (χ2v) is 6.51. The van der Waals surface area contributed by atoms with Gasteiger partial charge in [-0.05, 0) is 29.4 Å². The summed E-state index contributed by atoms with van der Waals surface area (Å²) in [5, 5.41) is 21.8. The Balaban J connectivity index is 1.65. The first-order valence-electron chi connectivity index (χ1n) is 8.48. The van der Waals surface area contributed by atoms with Crippen molar-refractivity contribution < 1.29 is 15.0 Å². The molecule has 8 nitrogen and oxygen atoms in total. The predicted octanol–water partition coefficient (Wildman–Crippen LogP) is 1.11. The minimum absolute atomic E-state index is 0.212. The van der Waals surface area contributed by atoms with Crippen molar-refractivity contribution in [2.24, 2.45) is 15.7 Å². The molecule has 0 saturated heterocycles. The Morgan fingerprint density at radius 2 is 2.15 bits per heavy atom. The monoisotopic (exact) mass is 365 g/mol. The lowest BCUT2D eigenvalue weighted by molar-refractivity contribution is -0.00411. The van der Waals surface area contributed by atoms with E-state index in [2.05, 4.69) is 15.3 Å². The molecular weight excluding hydrogens is 346 g/mol. The number of allylic oxidation sites excluding steroid dienone is 3. The zero-order chi connectivity index (χ0) is 19.0. The van der Waals surface area contributed by atoms with Crippen LogP contribution in [0.15, 0.2) is 69.9 Å². The zero-order valence-corrected chi connectivity index (χ0v) is 14.4. The van der Waals surface area contributed by atoms with Gasteiger partial charge >= 0.3 is 6.09 Å². The molecule has 2 atom stereocenters. The second-order valence-electron chi connectivity index (χ2n) is 6.51. The summed E-state index contributed by atoms with van der Waals surface area (Å²) in [5.74, 6) is 0. The van der Waals surface area contributed by atoms with E-state index in [0.717, 1.165) is 16.8 Å². The summed E-state index contributed by atoms with van der Waals surface area (Å²) in [5.41, 5.74) is 8.91. The molecular formula is C19H19N5O3. The Morgan fingerprint density at radius 1 is 1.33 bits per heavy atom. The summed E-state index contributed by atoms with van der Waals surface area (Å²) in [6, 6.07) is 7.53. The van der Waals surface area contributed by atoms with E-state index in [4.69, 9.17) is 10.8 Å². The van der Waals surface area contributed by atoms with Crippen molar-refractivity contribution in [3.8, 4) is 0 Å². The Kier molecular flexibility index (Phi) is 4.14. The lowest BCUT2D eigenvalue weighted by Gasteiger charge is -2.40. The number of nitrogens with zero attached hydrogens (tertiary/aromatic N) is 3. The van der Waals surface area contributed by atoms with E-state index in [1.54, 1.807) is 12.3 Å². The van der Waals surface area contributed by atoms with Crippen LogP contribution in [0.25, 0.3) is 0 Å². The molecule has 27 heavy (non-hydrogen) atoms. The van der Waals surface area contributed by atoms with E-state index in [9.17, 15) is 9.90 Å². The van der Waals surface area contributed by atoms with Crippen LogP contribution in [0.1, 0.15) is 11.1 Å². The summed E-state index contributed by atoms with van der Waals surface area (Å²) in [7, 11) is 0. The van der Waals surface area contributed by atoms with Gasteiger partial charge in [0.05, 0.1) is 17.1 Å². The molecule has 3 aliphatic rings. The van der Waals surface area contributed by atoms with Gasteiger partial charge in [0.1, 0.15) is 5.54 Å². The standard InChI is InChI=1S/C19H19N5O3/c20-14-5-6-15-19(7-2-8-21-15)16(14)23-17(25)24(19)11-13-4-1-3-12(9-13)10-22-18(26)27/h1-9,17,22,25H,10-11,20H2,(H,26,27). The van der Waals surface area contributed by atoms with Crippen molar-refractivity contribution in [2.75, 3.05) is 0 Å². The average Bonchev–Trinajstić information content (AvgIpc) is 2.93. The van der Waals surface area contributed by atoms with Crippen molar-refractivity contribution in [2.45, 2.75) is 25.0 Å². The first-order valence-corrected chi connectivity index (χ1v) is 8.48. The molecule has 1 aromatic carbocycles. The molecule has 1 aliphatic carbocycles. The average molecular weight is 365 g/mol. The van der Waals surface area contributed by atoms with Crippen molar-refractivity contribution in [1.29, 1.82) is 0 Å². The van der Waals surface area contributed by atoms with Crippen LogP contribution in [-0.2, 0) is 13.1 Å². The lowest BCUT2D eigenvalue weighted by atomic mass is 9.81. The van der Waals surface area contributed by atoms with Gasteiger partial charge in [-0.15, -0.1) is 0 Å². The Morgan fingerprint density at radius 3 is 2.96 bits per heavy atom. The highest BCUT2D eigenvalue weighted by Crippen LogP contribution is 2.42. The number of rotatable bonds is 4. The molecule has 0 radical (unpaired) electrons. The summed E-state index contributed by atoms with van der Waals surface area (Å²) in [6.45, 7) is 0.600. The zero-order valence-electron chi connectivity index (χ0n) is 14.4. The van der Waals surface area contributed by atoms with Crippen LogP contribution in [-0.4, -0.2) is 45.0 Å². The number of nitrogens with two attached hydrogens (primary N) is 1. The van der Waals surface area contributed by atoms with Crippen molar-refractivity contribution in [3.05, 3.63) is 71.1 Å². The summed E-state index contributed by atoms with van der Waals surface area (Å²) in [6.07, 6.45) is 6.92. The van der Waals surface area contributed by atoms with Gasteiger partial charge in [-0.3, -0.25) is 4.99 Å². The summed E-state index contributed by atoms with van der Waals surface area (Å²) in [4.78, 5) is 21.4. The van der Waals surface area contributed by atoms with Gasteiger partial charge in [0, 0.05) is 19.3 Å². The van der Waals surface area contributed by atoms with E-state index in [-0.39, 0.29) is 6.54 Å². The molecule has 0 bridgehead atoms. The molecule has 138 valence electrons. The minimum Gasteiger partial charge on any atom is -0.465 e. The maximum Gasteiger partial charge on any atom is 0.404 e. The topological polar surface area (TPSA) is 124 Å². The van der Waals surface area contributed by atoms with Crippen molar-refractivity contribution in [1.82, 2.24) is 10.2 Å². The van der Waals surface area contributed by atoms with Gasteiger partial charge < -0.3 is 21.3 Å². The highest BCUT2D eigenvalue weighted by atomic mass is 16.4. The number of carbonyl (C=O) groups is 1. The number of hydrogen-bond donors (Lipinski definition) is 4. The number of aliphatic imine (C=N–C) groups is 2. The SMILES string of the molecule is NC1=CC=C2N=CC=CC23C1=NC(O)N3Cc1cccc(CNC(=O)O)c1. The van der Waals surface area contributed by atoms with E-state index < -0.39 is 18.0 Å². The molecule has 2 heterocycles. The van der Waals surface area contributed by atoms with Gasteiger partial charge in [0.25, 0.3) is 0 Å². The van der Waals surface area contributed by atoms with E-state index >= 15 is 0 Å². The summed E-state index contributed by atoms with van der Waals surface area (Å²) >= 11 is 0. The third kappa shape index (κ3) is 2.84. The van der Waals surface area contributed by atoms with E-state index in [0.29, 0.717) is 18.0 Å². The fraction of sp³-hybridized carbons (Fsp3) is 0.211. The van der Waals surface area contributed by atoms with Crippen LogP contribution in [0.3, 0.4) is 0 Å². The predicted molar refractivity (Wildman–Crippen MR) is 101 cm³/mol. The Hall–Kier alpha value is -3.23. The van der Waals surface area contributed by atoms with Crippen LogP contribution in [0.5, 0.6) is 0 Å². The molecule has 5 N–H and O–H groups in total. The number of amides is 1. The minimum atomic E-state index is -1.07. The molecule has 0 fully saturated rings. The highest BCUT2D eigenvalue weighted by molar-refractivity contribution is 6.13. The van der Waals surface area contributed by atoms with E-state index in [1.807, 2.05) is 47.4 Å². The van der Waals surface area contributed by atoms with Crippen molar-refractivity contribution in [3.63, 3.8) is 0 Å². The number of aliphatic hydroxyl groups is 1. The number of benzene rings is 1. The van der Waals surface area contributed by atoms with Gasteiger partial charge in [-0.25, -0.2) is 14.7 Å². The molecule has 2 aliphatic heterocycles. The maximum atomic E-state index is 10.7. The third-order valence-electron chi connectivity index (χ3n) is 4.85. The molecule has 8 heteroatoms. The molecule has 1 amide bonds. The smallest absolute Gasteiger partial charge is 0.404 e. The number of aliphatic hydroxyl groups excluding tert-OH is 1. The normalized spacial score (nSPS) is 26.0. The number of nitrogens with one attached hydrogen (secondary N) is 1. The second kappa shape index (κ2) is 6.49. The van der Waals surface area contributed by atoms with Crippen LogP contribution in [0, 0.1) is 0 Å². The van der Waals surface area contributed by atoms with Crippen LogP contribution in [0.4, 0.5) is 4.79 Å². The Bertz CT molecular complexity index is 946. The van der Waals surface area contributed by atoms with Gasteiger partial charge in [0.2, 0.25) is 6.35 Å². The fourth-order valence-electron chi connectivity index (χ4n) is 3.67. The quantitative estimate of drug-likeness (QED) is 0.636. The van der Waals surface area contributed by atoms with Crippen molar-refractivity contribution >= 4 is 18.0 Å². The number of dihydropyridines is 1. The number of hydrogen-bond acceptors (Lipinski definition) is 6.